The van der Waals surface area contributed by atoms with Crippen LogP contribution in [0.25, 0.3) is 0 Å². The van der Waals surface area contributed by atoms with E-state index in [9.17, 15) is 35.1 Å². The van der Waals surface area contributed by atoms with E-state index in [1.165, 1.54) is 24.6 Å². The molecule has 17 heteroatoms. The van der Waals surface area contributed by atoms with Gasteiger partial charge in [-0.25, -0.2) is 0 Å². The van der Waals surface area contributed by atoms with E-state index in [1.807, 2.05) is 45.0 Å². The van der Waals surface area contributed by atoms with Gasteiger partial charge in [0.1, 0.15) is 30.0 Å². The van der Waals surface area contributed by atoms with Gasteiger partial charge in [0.25, 0.3) is 0 Å². The fraction of sp³-hybridized carbons (Fsp3) is 0.774. The van der Waals surface area contributed by atoms with E-state index in [0.717, 1.165) is 57.5 Å². The summed E-state index contributed by atoms with van der Waals surface area (Å²) in [6, 6.07) is 19.9. The normalized spacial score (nSPS) is 37.1. The number of esters is 1. The zero-order valence-electron chi connectivity index (χ0n) is 50.5. The van der Waals surface area contributed by atoms with Crippen LogP contribution < -0.4 is 10.6 Å². The third-order valence-corrected chi connectivity index (χ3v) is 24.5. The smallest absolute Gasteiger partial charge is 0.126 e. The van der Waals surface area contributed by atoms with E-state index in [-0.39, 0.29) is 50.3 Å². The monoisotopic (exact) mass is 1150 g/mol. The van der Waals surface area contributed by atoms with Gasteiger partial charge < -0.3 is 63.8 Å². The molecular weight excluding hydrogens is 1050 g/mol. The summed E-state index contributed by atoms with van der Waals surface area (Å²) in [5.74, 6) is -6.13. The molecule has 0 saturated carbocycles. The number of amides is 1. The Bertz CT molecular complexity index is 2130. The first-order chi connectivity index (χ1) is 37.0. The number of hydrogen-bond donors (Lipinski definition) is 5. The molecule has 3 aliphatic rings. The zero-order chi connectivity index (χ0) is 58.7. The molecule has 3 fully saturated rings. The molecule has 0 spiro atoms. The first kappa shape index (κ1) is 67.5. The largest absolute Gasteiger partial charge is 0.388 e. The molecule has 0 unspecified atom stereocenters. The van der Waals surface area contributed by atoms with Crippen molar-refractivity contribution < 1.29 is 63.5 Å². The van der Waals surface area contributed by atoms with Crippen LogP contribution in [-0.2, 0) is 38.0 Å². The fourth-order valence-electron chi connectivity index (χ4n) is 13.0. The number of benzene rings is 2. The van der Waals surface area contributed by atoms with E-state index in [0.29, 0.717) is 12.8 Å². The number of unbranched alkanes of at least 4 members (excludes halogenated alkanes) is 8. The molecule has 0 aromatic heterocycles. The van der Waals surface area contributed by atoms with Crippen molar-refractivity contribution in [3.63, 3.8) is 0 Å². The van der Waals surface area contributed by atoms with Gasteiger partial charge in [-0.3, -0.25) is 9.59 Å². The summed E-state index contributed by atoms with van der Waals surface area (Å²) < 4.78 is 38.2. The number of halogens is 1. The van der Waals surface area contributed by atoms with E-state index in [4.69, 9.17) is 39.7 Å². The third kappa shape index (κ3) is 16.7. The van der Waals surface area contributed by atoms with Gasteiger partial charge in [-0.05, 0) is 87.7 Å². The molecule has 2 aromatic rings. The Morgan fingerprint density at radius 2 is 1.34 bits per heavy atom. The Morgan fingerprint density at radius 1 is 0.797 bits per heavy atom. The molecule has 0 radical (unpaired) electrons. The number of hydrogen-bond acceptors (Lipinski definition) is 14. The molecule has 2 aromatic carbocycles. The number of cyclic esters (lactones) is 1. The van der Waals surface area contributed by atoms with Crippen LogP contribution in [0, 0.1) is 17.8 Å². The van der Waals surface area contributed by atoms with Crippen LogP contribution in [-0.4, -0.2) is 178 Å². The maximum Gasteiger partial charge on any atom is 0.126 e. The predicted molar refractivity (Wildman–Crippen MR) is 315 cm³/mol. The Balaban J connectivity index is 1.32. The number of aliphatic hydroxyl groups is 5. The summed E-state index contributed by atoms with van der Waals surface area (Å²) >= 11 is 7.78. The second-order valence-corrected chi connectivity index (χ2v) is 32.8. The average Bonchev–Trinajstić information content (AvgIpc) is 3.52. The summed E-state index contributed by atoms with van der Waals surface area (Å²) in [4.78, 5) is 32.7. The second kappa shape index (κ2) is 29.0. The van der Waals surface area contributed by atoms with Gasteiger partial charge in [-0.2, -0.15) is 0 Å². The number of methoxy groups -OCH3 is 1. The number of carbonyl (C=O) groups excluding carboxylic acids is 2. The van der Waals surface area contributed by atoms with Crippen LogP contribution in [0.2, 0.25) is 0 Å². The Kier molecular flexibility index (Phi) is 24.7. The average molecular weight is 1150 g/mol. The molecule has 452 valence electrons. The van der Waals surface area contributed by atoms with Gasteiger partial charge in [0.05, 0.1) is 47.6 Å². The minimum Gasteiger partial charge on any atom is -0.388 e. The van der Waals surface area contributed by atoms with Crippen molar-refractivity contribution >= 4 is 39.7 Å². The topological polar surface area (TPSA) is 197 Å². The minimum absolute atomic E-state index is 0.0713. The van der Waals surface area contributed by atoms with Crippen molar-refractivity contribution in [3.05, 3.63) is 60.7 Å². The summed E-state index contributed by atoms with van der Waals surface area (Å²) in [6.07, 6.45) is 0.751. The van der Waals surface area contributed by atoms with Crippen LogP contribution in [0.3, 0.4) is 0 Å². The molecule has 1 amide bonds. The molecule has 18 atom stereocenters. The summed E-state index contributed by atoms with van der Waals surface area (Å²) in [6.45, 7) is 19.7. The van der Waals surface area contributed by atoms with E-state index in [2.05, 4.69) is 55.2 Å². The van der Waals surface area contributed by atoms with Crippen molar-refractivity contribution in [2.24, 2.45) is 17.8 Å². The predicted octanol–water partition coefficient (Wildman–Crippen LogP) is 8.69. The summed E-state index contributed by atoms with van der Waals surface area (Å²) in [5, 5.41) is 62.8. The number of ether oxygens (including phenoxy) is 6. The molecule has 3 saturated heterocycles. The molecule has 5 N–H and O–H groups in total. The minimum atomic E-state index is -2.86. The quantitative estimate of drug-likeness (QED) is 0.0452. The number of aliphatic hydroxyl groups excluding tert-OH is 3. The number of rotatable bonds is 21. The summed E-state index contributed by atoms with van der Waals surface area (Å²) in [5.41, 5.74) is -4.79. The number of carbonyl (C=O) groups is 2. The van der Waals surface area contributed by atoms with Crippen molar-refractivity contribution in [3.8, 4) is 0 Å². The first-order valence-electron chi connectivity index (χ1n) is 29.7. The van der Waals surface area contributed by atoms with Gasteiger partial charge in [0.15, 0.2) is 12.6 Å². The van der Waals surface area contributed by atoms with Gasteiger partial charge in [-0.1, -0.05) is 20.8 Å². The number of nitrogens with zero attached hydrogens (tertiary/aromatic N) is 2. The van der Waals surface area contributed by atoms with Crippen LogP contribution in [0.15, 0.2) is 60.7 Å². The van der Waals surface area contributed by atoms with E-state index < -0.39 is 108 Å². The van der Waals surface area contributed by atoms with Crippen molar-refractivity contribution in [1.29, 1.82) is 0 Å². The molecule has 0 aliphatic carbocycles. The van der Waals surface area contributed by atoms with Crippen molar-refractivity contribution in [1.82, 2.24) is 9.80 Å². The van der Waals surface area contributed by atoms with Crippen LogP contribution in [0.1, 0.15) is 159 Å². The molecule has 0 bridgehead atoms. The van der Waals surface area contributed by atoms with Crippen molar-refractivity contribution in [2.45, 2.75) is 249 Å². The van der Waals surface area contributed by atoms with Gasteiger partial charge in [0, 0.05) is 32.0 Å². The second-order valence-electron chi connectivity index (χ2n) is 25.2. The number of likely N-dealkylation sites (N-methyl/N-ethyl adjacent to an activating group) is 1. The molecule has 3 heterocycles. The molecule has 3 aliphatic heterocycles. The van der Waals surface area contributed by atoms with Crippen LogP contribution in [0.4, 0.5) is 0 Å². The molecule has 15 nitrogen and oxygen atoms in total. The Morgan fingerprint density at radius 3 is 1.87 bits per heavy atom. The van der Waals surface area contributed by atoms with Crippen LogP contribution in [0.5, 0.6) is 0 Å². The Labute approximate surface area is 479 Å². The van der Waals surface area contributed by atoms with Crippen molar-refractivity contribution in [2.75, 3.05) is 40.6 Å². The molecule has 79 heavy (non-hydrogen) atoms. The van der Waals surface area contributed by atoms with E-state index >= 15 is 0 Å². The molecular formula is C62H104ClN2O13P. The zero-order valence-corrected chi connectivity index (χ0v) is 52.1. The molecule has 5 rings (SSSR count). The van der Waals surface area contributed by atoms with Gasteiger partial charge >= 0.3 is 177 Å². The van der Waals surface area contributed by atoms with Gasteiger partial charge in [-0.15, -0.1) is 0 Å². The van der Waals surface area contributed by atoms with Crippen LogP contribution >= 0.6 is 17.2 Å². The maximum absolute atomic E-state index is 14.7. The van der Waals surface area contributed by atoms with Gasteiger partial charge in [0.2, 0.25) is 0 Å². The fourth-order valence-corrected chi connectivity index (χ4v) is 17.7. The third-order valence-electron chi connectivity index (χ3n) is 18.2. The first-order valence-corrected chi connectivity index (χ1v) is 33.5. The summed E-state index contributed by atoms with van der Waals surface area (Å²) in [7, 11) is 5.26. The Hall–Kier alpha value is -2.34. The standard InChI is InChI=1S/C62H104ClN2O13P/c1-15-50-62(10,72)55(68)45(6)65(51(66)35-29-21-19-17-16-18-20-22-30-36-79(14,63,47-31-25-23-26-32-47)48-33-27-24-28-34-48)40-41(2)38-60(8,71)57(78-59-53(67)49(64(11)12)37-42(3)74-59)43(4)54(44(5)58(70)76-50)77-52-39-61(9,73-13)56(69)46(7)75-52/h23-28,31-34,41-46,49-50,52-57,59,67-69,71-72H,15-22,29-30,35-40H2,1-14H3/t41-,42-,43+,44+,45-,46+,49+,50-,52+,53-,54+,55-,56+,57-,59+,60-,61-,62-/m1/s1. The van der Waals surface area contributed by atoms with E-state index in [1.54, 1.807) is 53.4 Å². The SMILES string of the molecule is CC[C@H]1OC(=O)[C@@H](C)[C@@H](O[C@H]2C[C@@](C)(OC)[C@@H](O)[C@H](C)O2)[C@H](C)[C@@H](O[C@@H]2O[C@H](C)C[C@H](N(C)C)[C@H]2O)[C@](C)(O)C[C@@H](C)CN(C(=O)CCCCCCCCCCCP(C)(Cl)(c2ccccc2)c2ccccc2)[C@H](C)[C@@H](O)[C@]1(C)O. The maximum atomic E-state index is 14.7.